The van der Waals surface area contributed by atoms with Gasteiger partial charge in [-0.1, -0.05) is 12.1 Å². The highest BCUT2D eigenvalue weighted by molar-refractivity contribution is 7.89. The van der Waals surface area contributed by atoms with Gasteiger partial charge in [0.15, 0.2) is 0 Å². The standard InChI is InChI=1S/C19H19N3O6S/c1-28-19(25)13-4-6-14(7-5-13)22-17(23)10-16(18(22)24)21-11-12-2-8-15(9-3-12)29(20,26)27/h2-9,16,21H,10-11H2,1H3,(H2,20,26,27). The van der Waals surface area contributed by atoms with Crippen LogP contribution in [0.15, 0.2) is 53.4 Å². The fourth-order valence-corrected chi connectivity index (χ4v) is 3.48. The lowest BCUT2D eigenvalue weighted by Crippen LogP contribution is -2.38. The molecule has 0 spiro atoms. The van der Waals surface area contributed by atoms with Crippen LogP contribution in [0.5, 0.6) is 0 Å². The topological polar surface area (TPSA) is 136 Å². The van der Waals surface area contributed by atoms with Crippen molar-refractivity contribution in [2.24, 2.45) is 5.14 Å². The van der Waals surface area contributed by atoms with E-state index in [0.29, 0.717) is 11.3 Å². The Balaban J connectivity index is 1.66. The third-order valence-electron chi connectivity index (χ3n) is 4.50. The van der Waals surface area contributed by atoms with Crippen molar-refractivity contribution >= 4 is 33.5 Å². The Kier molecular flexibility index (Phi) is 5.78. The number of nitrogens with one attached hydrogen (secondary N) is 1. The first-order valence-corrected chi connectivity index (χ1v) is 10.2. The molecule has 1 fully saturated rings. The molecule has 0 saturated carbocycles. The molecular weight excluding hydrogens is 398 g/mol. The van der Waals surface area contributed by atoms with Crippen molar-refractivity contribution in [2.45, 2.75) is 23.9 Å². The van der Waals surface area contributed by atoms with Crippen molar-refractivity contribution in [3.63, 3.8) is 0 Å². The molecule has 2 amide bonds. The van der Waals surface area contributed by atoms with E-state index in [0.717, 1.165) is 10.5 Å². The van der Waals surface area contributed by atoms with Gasteiger partial charge in [-0.15, -0.1) is 0 Å². The zero-order valence-corrected chi connectivity index (χ0v) is 16.3. The van der Waals surface area contributed by atoms with E-state index in [2.05, 4.69) is 10.1 Å². The fraction of sp³-hybridized carbons (Fsp3) is 0.211. The van der Waals surface area contributed by atoms with Gasteiger partial charge in [-0.2, -0.15) is 0 Å². The Bertz CT molecular complexity index is 1050. The first kappa shape index (κ1) is 20.6. The molecule has 3 N–H and O–H groups in total. The van der Waals surface area contributed by atoms with Crippen LogP contribution in [0, 0.1) is 0 Å². The van der Waals surface area contributed by atoms with Crippen molar-refractivity contribution in [3.05, 3.63) is 59.7 Å². The van der Waals surface area contributed by atoms with Crippen molar-refractivity contribution in [2.75, 3.05) is 12.0 Å². The highest BCUT2D eigenvalue weighted by Crippen LogP contribution is 2.24. The molecule has 10 heteroatoms. The molecule has 2 aromatic carbocycles. The number of nitrogens with zero attached hydrogens (tertiary/aromatic N) is 1. The average Bonchev–Trinajstić information content (AvgIpc) is 2.99. The molecule has 1 saturated heterocycles. The summed E-state index contributed by atoms with van der Waals surface area (Å²) in [4.78, 5) is 37.6. The number of imide groups is 1. The van der Waals surface area contributed by atoms with Crippen LogP contribution in [0.3, 0.4) is 0 Å². The van der Waals surface area contributed by atoms with Gasteiger partial charge < -0.3 is 10.1 Å². The van der Waals surface area contributed by atoms with Crippen LogP contribution in [-0.4, -0.2) is 39.4 Å². The number of hydrogen-bond donors (Lipinski definition) is 2. The highest BCUT2D eigenvalue weighted by atomic mass is 32.2. The van der Waals surface area contributed by atoms with Crippen LogP contribution in [-0.2, 0) is 30.9 Å². The number of amides is 2. The fourth-order valence-electron chi connectivity index (χ4n) is 2.97. The van der Waals surface area contributed by atoms with Crippen LogP contribution >= 0.6 is 0 Å². The van der Waals surface area contributed by atoms with E-state index in [-0.39, 0.29) is 23.8 Å². The third kappa shape index (κ3) is 4.50. The van der Waals surface area contributed by atoms with Gasteiger partial charge in [0.05, 0.1) is 35.7 Å². The molecule has 1 unspecified atom stereocenters. The van der Waals surface area contributed by atoms with Gasteiger partial charge in [-0.3, -0.25) is 9.59 Å². The first-order chi connectivity index (χ1) is 13.7. The monoisotopic (exact) mass is 417 g/mol. The number of carbonyl (C=O) groups is 3. The maximum absolute atomic E-state index is 12.7. The summed E-state index contributed by atoms with van der Waals surface area (Å²) >= 11 is 0. The Hall–Kier alpha value is -3.08. The Morgan fingerprint density at radius 2 is 1.76 bits per heavy atom. The molecular formula is C19H19N3O6S. The molecule has 3 rings (SSSR count). The summed E-state index contributed by atoms with van der Waals surface area (Å²) in [6.07, 6.45) is -0.00709. The number of sulfonamides is 1. The zero-order chi connectivity index (χ0) is 21.2. The van der Waals surface area contributed by atoms with Crippen LogP contribution < -0.4 is 15.4 Å². The quantitative estimate of drug-likeness (QED) is 0.517. The Morgan fingerprint density at radius 3 is 2.31 bits per heavy atom. The van der Waals surface area contributed by atoms with Crippen molar-refractivity contribution in [1.29, 1.82) is 0 Å². The average molecular weight is 417 g/mol. The first-order valence-electron chi connectivity index (χ1n) is 8.61. The van der Waals surface area contributed by atoms with E-state index in [1.165, 1.54) is 43.5 Å². The minimum absolute atomic E-state index is 0.00468. The molecule has 1 atom stereocenters. The number of ether oxygens (including phenoxy) is 1. The van der Waals surface area contributed by atoms with Crippen LogP contribution in [0.4, 0.5) is 5.69 Å². The summed E-state index contributed by atoms with van der Waals surface area (Å²) in [6, 6.07) is 11.2. The van der Waals surface area contributed by atoms with Crippen LogP contribution in [0.1, 0.15) is 22.3 Å². The van der Waals surface area contributed by atoms with Crippen LogP contribution in [0.2, 0.25) is 0 Å². The highest BCUT2D eigenvalue weighted by Gasteiger charge is 2.39. The molecule has 152 valence electrons. The summed E-state index contributed by atoms with van der Waals surface area (Å²) in [5, 5.41) is 8.07. The van der Waals surface area contributed by atoms with E-state index in [1.807, 2.05) is 0 Å². The van der Waals surface area contributed by atoms with Gasteiger partial charge in [-0.25, -0.2) is 23.3 Å². The molecule has 0 aromatic heterocycles. The van der Waals surface area contributed by atoms with Gasteiger partial charge in [0, 0.05) is 6.54 Å². The second-order valence-corrected chi connectivity index (χ2v) is 7.99. The molecule has 29 heavy (non-hydrogen) atoms. The third-order valence-corrected chi connectivity index (χ3v) is 5.43. The predicted octanol–water partition coefficient (Wildman–Crippen LogP) is 0.542. The number of anilines is 1. The number of benzene rings is 2. The number of esters is 1. The van der Waals surface area contributed by atoms with E-state index in [1.54, 1.807) is 12.1 Å². The molecule has 0 bridgehead atoms. The lowest BCUT2D eigenvalue weighted by atomic mass is 10.2. The van der Waals surface area contributed by atoms with E-state index in [4.69, 9.17) is 5.14 Å². The van der Waals surface area contributed by atoms with Gasteiger partial charge in [0.25, 0.3) is 5.91 Å². The maximum Gasteiger partial charge on any atom is 0.337 e. The normalized spacial score (nSPS) is 16.9. The van der Waals surface area contributed by atoms with Gasteiger partial charge in [0.2, 0.25) is 15.9 Å². The summed E-state index contributed by atoms with van der Waals surface area (Å²) < 4.78 is 27.2. The summed E-state index contributed by atoms with van der Waals surface area (Å²) in [5.41, 5.74) is 1.42. The van der Waals surface area contributed by atoms with Crippen LogP contribution in [0.25, 0.3) is 0 Å². The second kappa shape index (κ2) is 8.11. The molecule has 0 radical (unpaired) electrons. The van der Waals surface area contributed by atoms with Crippen molar-refractivity contribution in [1.82, 2.24) is 5.32 Å². The number of methoxy groups -OCH3 is 1. The molecule has 1 heterocycles. The van der Waals surface area contributed by atoms with Gasteiger partial charge >= 0.3 is 5.97 Å². The minimum atomic E-state index is -3.77. The molecule has 9 nitrogen and oxygen atoms in total. The lowest BCUT2D eigenvalue weighted by Gasteiger charge is -2.16. The number of hydrogen-bond acceptors (Lipinski definition) is 7. The summed E-state index contributed by atoms with van der Waals surface area (Å²) in [6.45, 7) is 0.268. The maximum atomic E-state index is 12.7. The molecule has 1 aliphatic rings. The minimum Gasteiger partial charge on any atom is -0.465 e. The molecule has 0 aliphatic carbocycles. The van der Waals surface area contributed by atoms with E-state index in [9.17, 15) is 22.8 Å². The van der Waals surface area contributed by atoms with Gasteiger partial charge in [-0.05, 0) is 42.0 Å². The lowest BCUT2D eigenvalue weighted by molar-refractivity contribution is -0.121. The Morgan fingerprint density at radius 1 is 1.14 bits per heavy atom. The predicted molar refractivity (Wildman–Crippen MR) is 103 cm³/mol. The largest absolute Gasteiger partial charge is 0.465 e. The molecule has 2 aromatic rings. The number of nitrogens with two attached hydrogens (primary N) is 1. The molecule has 1 aliphatic heterocycles. The number of rotatable bonds is 6. The number of carbonyl (C=O) groups excluding carboxylic acids is 3. The zero-order valence-electron chi connectivity index (χ0n) is 15.5. The van der Waals surface area contributed by atoms with Crippen molar-refractivity contribution < 1.29 is 27.5 Å². The summed E-state index contributed by atoms with van der Waals surface area (Å²) in [5.74, 6) is -1.27. The smallest absolute Gasteiger partial charge is 0.337 e. The van der Waals surface area contributed by atoms with E-state index < -0.39 is 27.9 Å². The van der Waals surface area contributed by atoms with Gasteiger partial charge in [0.1, 0.15) is 0 Å². The van der Waals surface area contributed by atoms with Crippen molar-refractivity contribution in [3.8, 4) is 0 Å². The van der Waals surface area contributed by atoms with E-state index >= 15 is 0 Å². The second-order valence-electron chi connectivity index (χ2n) is 6.43. The SMILES string of the molecule is COC(=O)c1ccc(N2C(=O)CC(NCc3ccc(S(N)(=O)=O)cc3)C2=O)cc1. The Labute approximate surface area is 167 Å². The summed E-state index contributed by atoms with van der Waals surface area (Å²) in [7, 11) is -2.50. The number of primary sulfonamides is 1.